The lowest BCUT2D eigenvalue weighted by atomic mass is 10.2. The summed E-state index contributed by atoms with van der Waals surface area (Å²) >= 11 is 3.27. The summed E-state index contributed by atoms with van der Waals surface area (Å²) in [5, 5.41) is 20.4. The number of halogens is 1. The minimum atomic E-state index is -0.918. The van der Waals surface area contributed by atoms with Crippen LogP contribution in [0.4, 0.5) is 0 Å². The van der Waals surface area contributed by atoms with E-state index in [4.69, 9.17) is 25.7 Å². The van der Waals surface area contributed by atoms with Crippen LogP contribution in [0, 0.1) is 22.7 Å². The summed E-state index contributed by atoms with van der Waals surface area (Å²) in [6.07, 6.45) is 4.70. The fraction of sp³-hybridized carbons (Fsp3) is 0.769. The van der Waals surface area contributed by atoms with Crippen molar-refractivity contribution in [2.24, 2.45) is 5.73 Å². The van der Waals surface area contributed by atoms with Gasteiger partial charge in [-0.3, -0.25) is 19.2 Å². The van der Waals surface area contributed by atoms with Gasteiger partial charge in [0.2, 0.25) is 0 Å². The number of ether oxygens (including phenoxy) is 4. The van der Waals surface area contributed by atoms with E-state index in [-0.39, 0.29) is 39.3 Å². The van der Waals surface area contributed by atoms with E-state index < -0.39 is 36.0 Å². The number of rotatable bonds is 18. The largest absolute Gasteiger partial charge is 0.466 e. The molecule has 0 aromatic heterocycles. The fourth-order valence-corrected chi connectivity index (χ4v) is 2.90. The SMILES string of the molecule is CCOC(=O)CC(N)C(=O)OCC.CCOC(=O)CC(NCCCCC#N)C(=O)OCC.N#CCCCCBr. The molecule has 0 radical (unpaired) electrons. The molecule has 12 nitrogen and oxygen atoms in total. The van der Waals surface area contributed by atoms with Gasteiger partial charge in [-0.25, -0.2) is 0 Å². The number of hydrogen-bond acceptors (Lipinski definition) is 12. The van der Waals surface area contributed by atoms with Crippen LogP contribution < -0.4 is 11.1 Å². The van der Waals surface area contributed by atoms with E-state index in [0.29, 0.717) is 19.4 Å². The number of hydrogen-bond donors (Lipinski definition) is 2. The van der Waals surface area contributed by atoms with Gasteiger partial charge in [0.25, 0.3) is 0 Å². The summed E-state index contributed by atoms with van der Waals surface area (Å²) in [6.45, 7) is 8.46. The molecule has 39 heavy (non-hydrogen) atoms. The van der Waals surface area contributed by atoms with Crippen molar-refractivity contribution in [3.05, 3.63) is 0 Å². The Bertz CT molecular complexity index is 740. The van der Waals surface area contributed by atoms with Gasteiger partial charge in [0, 0.05) is 18.2 Å². The van der Waals surface area contributed by atoms with Crippen LogP contribution in [0.5, 0.6) is 0 Å². The standard InChI is InChI=1S/C13H22N2O4.C8H15NO4.C5H8BrN/c1-3-18-12(16)10-11(13(17)19-4-2)15-9-7-5-6-8-14;1-3-12-7(10)5-6(9)8(11)13-4-2;6-4-2-1-3-5-7/h11,15H,3-7,9-10H2,1-2H3;6H,3-5,9H2,1-2H3;1-4H2. The first-order valence-corrected chi connectivity index (χ1v) is 14.2. The lowest BCUT2D eigenvalue weighted by Crippen LogP contribution is -2.40. The van der Waals surface area contributed by atoms with Gasteiger partial charge in [-0.15, -0.1) is 0 Å². The summed E-state index contributed by atoms with van der Waals surface area (Å²) in [5.41, 5.74) is 5.36. The number of nitrogens with one attached hydrogen (secondary N) is 1. The highest BCUT2D eigenvalue weighted by atomic mass is 79.9. The smallest absolute Gasteiger partial charge is 0.323 e. The Morgan fingerprint density at radius 2 is 1.21 bits per heavy atom. The maximum absolute atomic E-state index is 11.7. The number of carbonyl (C=O) groups is 4. The quantitative estimate of drug-likeness (QED) is 0.0986. The monoisotopic (exact) mass is 620 g/mol. The Morgan fingerprint density at radius 1 is 0.744 bits per heavy atom. The van der Waals surface area contributed by atoms with Gasteiger partial charge in [0.05, 0.1) is 51.4 Å². The van der Waals surface area contributed by atoms with Crippen LogP contribution in [-0.2, 0) is 38.1 Å². The summed E-state index contributed by atoms with van der Waals surface area (Å²) in [5.74, 6) is -1.93. The van der Waals surface area contributed by atoms with Crippen molar-refractivity contribution in [3.8, 4) is 12.1 Å². The second-order valence-electron chi connectivity index (χ2n) is 7.56. The molecule has 2 atom stereocenters. The van der Waals surface area contributed by atoms with E-state index in [1.807, 2.05) is 0 Å². The number of carbonyl (C=O) groups excluding carboxylic acids is 4. The third-order valence-corrected chi connectivity index (χ3v) is 4.87. The predicted molar refractivity (Wildman–Crippen MR) is 148 cm³/mol. The van der Waals surface area contributed by atoms with E-state index in [1.54, 1.807) is 27.7 Å². The summed E-state index contributed by atoms with van der Waals surface area (Å²) < 4.78 is 18.9. The highest BCUT2D eigenvalue weighted by Crippen LogP contribution is 2.01. The van der Waals surface area contributed by atoms with Crippen molar-refractivity contribution in [2.75, 3.05) is 38.3 Å². The molecule has 3 N–H and O–H groups in total. The van der Waals surface area contributed by atoms with Crippen LogP contribution in [0.3, 0.4) is 0 Å². The zero-order valence-electron chi connectivity index (χ0n) is 23.7. The van der Waals surface area contributed by atoms with Gasteiger partial charge in [0.15, 0.2) is 0 Å². The van der Waals surface area contributed by atoms with E-state index in [1.165, 1.54) is 0 Å². The molecule has 0 saturated carbocycles. The van der Waals surface area contributed by atoms with E-state index in [2.05, 4.69) is 42.9 Å². The molecule has 0 fully saturated rings. The second kappa shape index (κ2) is 31.5. The van der Waals surface area contributed by atoms with E-state index in [0.717, 1.165) is 31.0 Å². The molecule has 13 heteroatoms. The van der Waals surface area contributed by atoms with Crippen molar-refractivity contribution in [3.63, 3.8) is 0 Å². The molecule has 0 rings (SSSR count). The number of nitrogens with two attached hydrogens (primary N) is 1. The molecular weight excluding hydrogens is 576 g/mol. The van der Waals surface area contributed by atoms with Gasteiger partial charge in [-0.05, 0) is 59.9 Å². The van der Waals surface area contributed by atoms with Crippen LogP contribution in [0.25, 0.3) is 0 Å². The average Bonchev–Trinajstić information content (AvgIpc) is 2.89. The molecule has 0 aromatic carbocycles. The molecule has 0 heterocycles. The van der Waals surface area contributed by atoms with Crippen LogP contribution in [0.1, 0.15) is 79.1 Å². The van der Waals surface area contributed by atoms with Gasteiger partial charge >= 0.3 is 23.9 Å². The second-order valence-corrected chi connectivity index (χ2v) is 8.35. The van der Waals surface area contributed by atoms with Crippen molar-refractivity contribution >= 4 is 39.8 Å². The molecular formula is C26H45BrN4O8. The minimum absolute atomic E-state index is 0.0368. The van der Waals surface area contributed by atoms with Gasteiger partial charge in [0.1, 0.15) is 12.1 Å². The van der Waals surface area contributed by atoms with Crippen LogP contribution in [-0.4, -0.2) is 74.3 Å². The third-order valence-electron chi connectivity index (χ3n) is 4.31. The molecule has 0 bridgehead atoms. The molecule has 0 aliphatic rings. The number of esters is 4. The normalized spacial score (nSPS) is 11.0. The maximum atomic E-state index is 11.7. The van der Waals surface area contributed by atoms with Gasteiger partial charge in [-0.2, -0.15) is 10.5 Å². The third kappa shape index (κ3) is 29.7. The first-order valence-electron chi connectivity index (χ1n) is 13.1. The zero-order valence-corrected chi connectivity index (χ0v) is 25.3. The molecule has 2 unspecified atom stereocenters. The molecule has 0 aromatic rings. The Morgan fingerprint density at radius 3 is 1.67 bits per heavy atom. The van der Waals surface area contributed by atoms with Crippen LogP contribution in [0.2, 0.25) is 0 Å². The Hall–Kier alpha value is -2.74. The van der Waals surface area contributed by atoms with Crippen molar-refractivity contribution in [1.29, 1.82) is 10.5 Å². The number of unbranched alkanes of at least 4 members (excludes halogenated alkanes) is 4. The first-order chi connectivity index (χ1) is 18.7. The Balaban J connectivity index is -0.000000558. The highest BCUT2D eigenvalue weighted by molar-refractivity contribution is 9.09. The van der Waals surface area contributed by atoms with Crippen molar-refractivity contribution < 1.29 is 38.1 Å². The summed E-state index contributed by atoms with van der Waals surface area (Å²) in [6, 6.07) is 2.54. The topological polar surface area (TPSA) is 191 Å². The lowest BCUT2D eigenvalue weighted by Gasteiger charge is -2.16. The maximum Gasteiger partial charge on any atom is 0.323 e. The highest BCUT2D eigenvalue weighted by Gasteiger charge is 2.23. The zero-order chi connectivity index (χ0) is 30.3. The molecule has 0 saturated heterocycles. The van der Waals surface area contributed by atoms with Gasteiger partial charge in [-0.1, -0.05) is 15.9 Å². The molecule has 0 spiro atoms. The predicted octanol–water partition coefficient (Wildman–Crippen LogP) is 3.06. The lowest BCUT2D eigenvalue weighted by molar-refractivity contribution is -0.152. The molecule has 0 amide bonds. The Kier molecular flexibility index (Phi) is 32.9. The Labute approximate surface area is 241 Å². The summed E-state index contributed by atoms with van der Waals surface area (Å²) in [7, 11) is 0. The minimum Gasteiger partial charge on any atom is -0.466 e. The number of alkyl halides is 1. The average molecular weight is 622 g/mol. The molecule has 0 aliphatic heterocycles. The van der Waals surface area contributed by atoms with Crippen molar-refractivity contribution in [2.45, 2.75) is 91.1 Å². The summed E-state index contributed by atoms with van der Waals surface area (Å²) in [4.78, 5) is 44.8. The van der Waals surface area contributed by atoms with E-state index >= 15 is 0 Å². The first kappa shape index (κ1) is 40.8. The van der Waals surface area contributed by atoms with Gasteiger partial charge < -0.3 is 30.0 Å². The van der Waals surface area contributed by atoms with E-state index in [9.17, 15) is 19.2 Å². The molecule has 224 valence electrons. The van der Waals surface area contributed by atoms with Crippen molar-refractivity contribution in [1.82, 2.24) is 5.32 Å². The fourth-order valence-electron chi connectivity index (χ4n) is 2.50. The molecule has 0 aliphatic carbocycles. The number of nitriles is 2. The van der Waals surface area contributed by atoms with Crippen LogP contribution >= 0.6 is 15.9 Å². The number of nitrogens with zero attached hydrogens (tertiary/aromatic N) is 2. The van der Waals surface area contributed by atoms with Crippen LogP contribution in [0.15, 0.2) is 0 Å².